The Balaban J connectivity index is 2.06. The van der Waals surface area contributed by atoms with Crippen molar-refractivity contribution in [2.45, 2.75) is 13.0 Å². The van der Waals surface area contributed by atoms with Crippen molar-refractivity contribution in [1.29, 1.82) is 0 Å². The Morgan fingerprint density at radius 3 is 2.89 bits per heavy atom. The maximum atomic E-state index is 5.68. The molecule has 19 heavy (non-hydrogen) atoms. The fourth-order valence-corrected chi connectivity index (χ4v) is 2.75. The number of thiazole rings is 1. The minimum atomic E-state index is -0.123. The highest BCUT2D eigenvalue weighted by molar-refractivity contribution is 7.09. The van der Waals surface area contributed by atoms with E-state index in [1.54, 1.807) is 11.3 Å². The molecule has 0 saturated heterocycles. The Bertz CT molecular complexity index is 707. The van der Waals surface area contributed by atoms with Crippen molar-refractivity contribution in [2.24, 2.45) is 5.84 Å². The average Bonchev–Trinajstić information content (AvgIpc) is 2.86. The van der Waals surface area contributed by atoms with E-state index >= 15 is 0 Å². The normalized spacial score (nSPS) is 12.7. The molecule has 0 saturated carbocycles. The van der Waals surface area contributed by atoms with Crippen LogP contribution in [0.1, 0.15) is 22.3 Å². The van der Waals surface area contributed by atoms with Crippen LogP contribution < -0.4 is 11.3 Å². The monoisotopic (exact) mass is 270 g/mol. The van der Waals surface area contributed by atoms with Crippen LogP contribution in [0.15, 0.2) is 41.9 Å². The highest BCUT2D eigenvalue weighted by atomic mass is 32.1. The second-order valence-corrected chi connectivity index (χ2v) is 5.41. The maximum Gasteiger partial charge on any atom is 0.0905 e. The largest absolute Gasteiger partial charge is 0.271 e. The molecule has 0 bridgehead atoms. The summed E-state index contributed by atoms with van der Waals surface area (Å²) in [5.74, 6) is 5.68. The van der Waals surface area contributed by atoms with E-state index in [0.29, 0.717) is 0 Å². The lowest BCUT2D eigenvalue weighted by Crippen LogP contribution is -2.29. The van der Waals surface area contributed by atoms with Gasteiger partial charge in [0.2, 0.25) is 0 Å². The number of nitrogens with two attached hydrogens (primary N) is 1. The van der Waals surface area contributed by atoms with Gasteiger partial charge in [-0.1, -0.05) is 18.2 Å². The zero-order valence-corrected chi connectivity index (χ0v) is 11.3. The zero-order valence-electron chi connectivity index (χ0n) is 10.5. The Morgan fingerprint density at radius 1 is 1.32 bits per heavy atom. The van der Waals surface area contributed by atoms with Gasteiger partial charge in [0.1, 0.15) is 0 Å². The lowest BCUT2D eigenvalue weighted by molar-refractivity contribution is 0.622. The molecule has 0 aliphatic rings. The fraction of sp³-hybridized carbons (Fsp3) is 0.143. The van der Waals surface area contributed by atoms with E-state index in [0.717, 1.165) is 27.2 Å². The third-order valence-electron chi connectivity index (χ3n) is 3.04. The molecule has 2 aromatic heterocycles. The minimum absolute atomic E-state index is 0.123. The number of hydrogen-bond acceptors (Lipinski definition) is 5. The van der Waals surface area contributed by atoms with E-state index in [1.165, 1.54) is 0 Å². The summed E-state index contributed by atoms with van der Waals surface area (Å²) in [6, 6.07) is 10.0. The predicted molar refractivity (Wildman–Crippen MR) is 77.8 cm³/mol. The summed E-state index contributed by atoms with van der Waals surface area (Å²) < 4.78 is 0. The third kappa shape index (κ3) is 2.35. The average molecular weight is 270 g/mol. The zero-order chi connectivity index (χ0) is 13.2. The SMILES string of the molecule is Cc1nc(C(NN)c2cnc3ccccc3c2)cs1. The van der Waals surface area contributed by atoms with Crippen molar-refractivity contribution in [3.05, 3.63) is 58.2 Å². The number of rotatable bonds is 3. The van der Waals surface area contributed by atoms with E-state index in [1.807, 2.05) is 42.8 Å². The summed E-state index contributed by atoms with van der Waals surface area (Å²) in [7, 11) is 0. The first-order valence-electron chi connectivity index (χ1n) is 6.01. The predicted octanol–water partition coefficient (Wildman–Crippen LogP) is 2.55. The molecule has 1 atom stereocenters. The fourth-order valence-electron chi connectivity index (χ4n) is 2.11. The Kier molecular flexibility index (Phi) is 3.25. The van der Waals surface area contributed by atoms with Crippen LogP contribution in [0.3, 0.4) is 0 Å². The number of aromatic nitrogens is 2. The molecule has 0 spiro atoms. The van der Waals surface area contributed by atoms with E-state index in [4.69, 9.17) is 5.84 Å². The van der Waals surface area contributed by atoms with Crippen molar-refractivity contribution < 1.29 is 0 Å². The van der Waals surface area contributed by atoms with E-state index < -0.39 is 0 Å². The number of para-hydroxylation sites is 1. The van der Waals surface area contributed by atoms with Crippen LogP contribution in [-0.2, 0) is 0 Å². The second kappa shape index (κ2) is 5.05. The number of hydrogen-bond donors (Lipinski definition) is 2. The quantitative estimate of drug-likeness (QED) is 0.567. The molecular formula is C14H14N4S. The van der Waals surface area contributed by atoms with Gasteiger partial charge in [-0.15, -0.1) is 11.3 Å². The molecule has 3 N–H and O–H groups in total. The van der Waals surface area contributed by atoms with Crippen LogP contribution in [-0.4, -0.2) is 9.97 Å². The number of pyridine rings is 1. The Morgan fingerprint density at radius 2 is 2.16 bits per heavy atom. The molecule has 2 heterocycles. The molecule has 3 rings (SSSR count). The molecule has 0 aliphatic heterocycles. The van der Waals surface area contributed by atoms with Crippen LogP contribution in [0, 0.1) is 6.92 Å². The summed E-state index contributed by atoms with van der Waals surface area (Å²) in [5.41, 5.74) is 5.75. The molecule has 1 unspecified atom stereocenters. The van der Waals surface area contributed by atoms with Crippen LogP contribution in [0.2, 0.25) is 0 Å². The minimum Gasteiger partial charge on any atom is -0.271 e. The number of benzene rings is 1. The molecule has 96 valence electrons. The van der Waals surface area contributed by atoms with Crippen molar-refractivity contribution in [3.63, 3.8) is 0 Å². The molecular weight excluding hydrogens is 256 g/mol. The standard InChI is InChI=1S/C14H14N4S/c1-9-17-13(8-19-9)14(18-15)11-6-10-4-2-3-5-12(10)16-7-11/h2-8,14,18H,15H2,1H3. The van der Waals surface area contributed by atoms with E-state index in [9.17, 15) is 0 Å². The van der Waals surface area contributed by atoms with Crippen molar-refractivity contribution in [1.82, 2.24) is 15.4 Å². The second-order valence-electron chi connectivity index (χ2n) is 4.35. The Hall–Kier alpha value is -1.82. The van der Waals surface area contributed by atoms with Gasteiger partial charge < -0.3 is 0 Å². The summed E-state index contributed by atoms with van der Waals surface area (Å²) >= 11 is 1.62. The summed E-state index contributed by atoms with van der Waals surface area (Å²) in [6.07, 6.45) is 1.85. The Labute approximate surface area is 115 Å². The van der Waals surface area contributed by atoms with Gasteiger partial charge in [0.15, 0.2) is 0 Å². The third-order valence-corrected chi connectivity index (χ3v) is 3.84. The van der Waals surface area contributed by atoms with Crippen LogP contribution in [0.25, 0.3) is 10.9 Å². The van der Waals surface area contributed by atoms with Gasteiger partial charge in [0.25, 0.3) is 0 Å². The summed E-state index contributed by atoms with van der Waals surface area (Å²) in [5, 5.41) is 4.16. The first kappa shape index (κ1) is 12.2. The van der Waals surface area contributed by atoms with Crippen LogP contribution >= 0.6 is 11.3 Å². The summed E-state index contributed by atoms with van der Waals surface area (Å²) in [6.45, 7) is 1.99. The highest BCUT2D eigenvalue weighted by Crippen LogP contribution is 2.24. The van der Waals surface area contributed by atoms with Crippen molar-refractivity contribution >= 4 is 22.2 Å². The number of fused-ring (bicyclic) bond motifs is 1. The van der Waals surface area contributed by atoms with Gasteiger partial charge in [-0.2, -0.15) is 0 Å². The molecule has 0 amide bonds. The van der Waals surface area contributed by atoms with Crippen LogP contribution in [0.5, 0.6) is 0 Å². The van der Waals surface area contributed by atoms with Gasteiger partial charge in [-0.05, 0) is 24.6 Å². The number of nitrogens with zero attached hydrogens (tertiary/aromatic N) is 2. The van der Waals surface area contributed by atoms with Gasteiger partial charge in [-0.3, -0.25) is 10.8 Å². The molecule has 0 radical (unpaired) electrons. The van der Waals surface area contributed by atoms with Crippen LogP contribution in [0.4, 0.5) is 0 Å². The molecule has 4 nitrogen and oxygen atoms in total. The summed E-state index contributed by atoms with van der Waals surface area (Å²) in [4.78, 5) is 8.95. The van der Waals surface area contributed by atoms with Gasteiger partial charge in [0.05, 0.1) is 22.3 Å². The van der Waals surface area contributed by atoms with Gasteiger partial charge in [0, 0.05) is 17.0 Å². The lowest BCUT2D eigenvalue weighted by Gasteiger charge is -2.14. The van der Waals surface area contributed by atoms with E-state index in [-0.39, 0.29) is 6.04 Å². The topological polar surface area (TPSA) is 63.8 Å². The molecule has 1 aromatic carbocycles. The first-order chi connectivity index (χ1) is 9.28. The van der Waals surface area contributed by atoms with Crippen molar-refractivity contribution in [2.75, 3.05) is 0 Å². The highest BCUT2D eigenvalue weighted by Gasteiger charge is 2.16. The number of nitrogens with one attached hydrogen (secondary N) is 1. The molecule has 5 heteroatoms. The molecule has 3 aromatic rings. The lowest BCUT2D eigenvalue weighted by atomic mass is 10.0. The number of aryl methyl sites for hydroxylation is 1. The van der Waals surface area contributed by atoms with Crippen molar-refractivity contribution in [3.8, 4) is 0 Å². The smallest absolute Gasteiger partial charge is 0.0905 e. The molecule has 0 aliphatic carbocycles. The van der Waals surface area contributed by atoms with Gasteiger partial charge >= 0.3 is 0 Å². The van der Waals surface area contributed by atoms with Gasteiger partial charge in [-0.25, -0.2) is 10.4 Å². The first-order valence-corrected chi connectivity index (χ1v) is 6.89. The van der Waals surface area contributed by atoms with E-state index in [2.05, 4.69) is 21.5 Å². The number of hydrazine groups is 1. The maximum absolute atomic E-state index is 5.68. The molecule has 0 fully saturated rings.